The minimum absolute atomic E-state index is 0.476. The maximum Gasteiger partial charge on any atom is 0.0449 e. The summed E-state index contributed by atoms with van der Waals surface area (Å²) in [5.74, 6) is 0. The predicted molar refractivity (Wildman–Crippen MR) is 87.1 cm³/mol. The van der Waals surface area contributed by atoms with Gasteiger partial charge in [0.1, 0.15) is 0 Å². The van der Waals surface area contributed by atoms with Crippen molar-refractivity contribution in [1.29, 1.82) is 0 Å². The first-order valence-electron chi connectivity index (χ1n) is 8.38. The monoisotopic (exact) mass is 274 g/mol. The van der Waals surface area contributed by atoms with Crippen LogP contribution in [0.3, 0.4) is 0 Å². The summed E-state index contributed by atoms with van der Waals surface area (Å²) in [7, 11) is 0. The largest absolute Gasteiger partial charge is 0.309 e. The Labute approximate surface area is 124 Å². The number of nitrogens with one attached hydrogen (secondary N) is 1. The third kappa shape index (κ3) is 4.60. The SMILES string of the molecule is CCNC(CN1CCCCCC1)c1ccc(CC)cc1. The van der Waals surface area contributed by atoms with E-state index in [1.54, 1.807) is 0 Å². The molecule has 1 aromatic carbocycles. The lowest BCUT2D eigenvalue weighted by Crippen LogP contribution is -2.35. The van der Waals surface area contributed by atoms with Crippen molar-refractivity contribution in [2.45, 2.75) is 52.0 Å². The topological polar surface area (TPSA) is 15.3 Å². The van der Waals surface area contributed by atoms with Crippen molar-refractivity contribution in [3.8, 4) is 0 Å². The van der Waals surface area contributed by atoms with Crippen molar-refractivity contribution in [3.63, 3.8) is 0 Å². The Morgan fingerprint density at radius 3 is 2.20 bits per heavy atom. The molecular formula is C18H30N2. The lowest BCUT2D eigenvalue weighted by molar-refractivity contribution is 0.252. The van der Waals surface area contributed by atoms with E-state index in [0.717, 1.165) is 19.5 Å². The van der Waals surface area contributed by atoms with E-state index in [-0.39, 0.29) is 0 Å². The van der Waals surface area contributed by atoms with E-state index in [0.29, 0.717) is 6.04 Å². The van der Waals surface area contributed by atoms with Crippen molar-refractivity contribution in [2.75, 3.05) is 26.2 Å². The van der Waals surface area contributed by atoms with Gasteiger partial charge in [0.05, 0.1) is 0 Å². The van der Waals surface area contributed by atoms with Crippen LogP contribution >= 0.6 is 0 Å². The molecule has 1 aromatic rings. The molecule has 20 heavy (non-hydrogen) atoms. The third-order valence-electron chi connectivity index (χ3n) is 4.38. The minimum Gasteiger partial charge on any atom is -0.309 e. The number of hydrogen-bond acceptors (Lipinski definition) is 2. The van der Waals surface area contributed by atoms with Gasteiger partial charge >= 0.3 is 0 Å². The van der Waals surface area contributed by atoms with Crippen molar-refractivity contribution in [2.24, 2.45) is 0 Å². The van der Waals surface area contributed by atoms with Crippen LogP contribution in [0, 0.1) is 0 Å². The highest BCUT2D eigenvalue weighted by Gasteiger charge is 2.16. The summed E-state index contributed by atoms with van der Waals surface area (Å²) in [6.07, 6.45) is 6.68. The summed E-state index contributed by atoms with van der Waals surface area (Å²) in [6, 6.07) is 9.65. The van der Waals surface area contributed by atoms with Gasteiger partial charge in [-0.1, -0.05) is 51.0 Å². The fourth-order valence-electron chi connectivity index (χ4n) is 3.10. The lowest BCUT2D eigenvalue weighted by Gasteiger charge is -2.27. The first-order valence-corrected chi connectivity index (χ1v) is 8.38. The van der Waals surface area contributed by atoms with Crippen LogP contribution < -0.4 is 5.32 Å². The number of hydrogen-bond donors (Lipinski definition) is 1. The highest BCUT2D eigenvalue weighted by Crippen LogP contribution is 2.18. The van der Waals surface area contributed by atoms with E-state index in [4.69, 9.17) is 0 Å². The van der Waals surface area contributed by atoms with Gasteiger partial charge in [0.15, 0.2) is 0 Å². The molecule has 1 atom stereocenters. The maximum absolute atomic E-state index is 3.66. The molecule has 1 N–H and O–H groups in total. The van der Waals surface area contributed by atoms with E-state index < -0.39 is 0 Å². The second-order valence-corrected chi connectivity index (χ2v) is 5.92. The molecule has 2 heteroatoms. The summed E-state index contributed by atoms with van der Waals surface area (Å²) in [6.45, 7) is 9.15. The molecule has 0 bridgehead atoms. The normalized spacial score (nSPS) is 18.7. The molecule has 112 valence electrons. The van der Waals surface area contributed by atoms with Gasteiger partial charge in [-0.15, -0.1) is 0 Å². The first-order chi connectivity index (χ1) is 9.83. The van der Waals surface area contributed by atoms with E-state index in [1.807, 2.05) is 0 Å². The van der Waals surface area contributed by atoms with Crippen molar-refractivity contribution >= 4 is 0 Å². The Bertz CT molecular complexity index is 364. The molecule has 1 fully saturated rings. The van der Waals surface area contributed by atoms with Crippen LogP contribution in [0.2, 0.25) is 0 Å². The van der Waals surface area contributed by atoms with Crippen LogP contribution in [0.1, 0.15) is 56.7 Å². The fourth-order valence-corrected chi connectivity index (χ4v) is 3.10. The highest BCUT2D eigenvalue weighted by molar-refractivity contribution is 5.25. The summed E-state index contributed by atoms with van der Waals surface area (Å²) >= 11 is 0. The summed E-state index contributed by atoms with van der Waals surface area (Å²) in [4.78, 5) is 2.65. The van der Waals surface area contributed by atoms with Gasteiger partial charge < -0.3 is 10.2 Å². The molecule has 0 aliphatic carbocycles. The maximum atomic E-state index is 3.66. The molecule has 1 aliphatic rings. The zero-order chi connectivity index (χ0) is 14.2. The molecule has 0 amide bonds. The van der Waals surface area contributed by atoms with Crippen molar-refractivity contribution in [1.82, 2.24) is 10.2 Å². The minimum atomic E-state index is 0.476. The lowest BCUT2D eigenvalue weighted by atomic mass is 10.0. The number of rotatable bonds is 6. The van der Waals surface area contributed by atoms with Crippen LogP contribution in [-0.2, 0) is 6.42 Å². The predicted octanol–water partition coefficient (Wildman–Crippen LogP) is 3.78. The Morgan fingerprint density at radius 2 is 1.65 bits per heavy atom. The fraction of sp³-hybridized carbons (Fsp3) is 0.667. The Morgan fingerprint density at radius 1 is 1.00 bits per heavy atom. The molecule has 0 radical (unpaired) electrons. The van der Waals surface area contributed by atoms with Crippen LogP contribution in [0.25, 0.3) is 0 Å². The van der Waals surface area contributed by atoms with E-state index in [1.165, 1.54) is 49.9 Å². The Balaban J connectivity index is 2.00. The van der Waals surface area contributed by atoms with Crippen LogP contribution in [0.5, 0.6) is 0 Å². The smallest absolute Gasteiger partial charge is 0.0449 e. The van der Waals surface area contributed by atoms with Crippen molar-refractivity contribution in [3.05, 3.63) is 35.4 Å². The van der Waals surface area contributed by atoms with Crippen LogP contribution in [0.15, 0.2) is 24.3 Å². The molecule has 2 rings (SSSR count). The molecule has 1 saturated heterocycles. The van der Waals surface area contributed by atoms with Gasteiger partial charge in [-0.05, 0) is 50.0 Å². The quantitative estimate of drug-likeness (QED) is 0.849. The molecule has 2 nitrogen and oxygen atoms in total. The number of aryl methyl sites for hydroxylation is 1. The molecule has 1 unspecified atom stereocenters. The van der Waals surface area contributed by atoms with Crippen molar-refractivity contribution < 1.29 is 0 Å². The third-order valence-corrected chi connectivity index (χ3v) is 4.38. The second-order valence-electron chi connectivity index (χ2n) is 5.92. The van der Waals surface area contributed by atoms with E-state index >= 15 is 0 Å². The van der Waals surface area contributed by atoms with Gasteiger partial charge in [0, 0.05) is 12.6 Å². The van der Waals surface area contributed by atoms with Gasteiger partial charge in [0.2, 0.25) is 0 Å². The Hall–Kier alpha value is -0.860. The number of likely N-dealkylation sites (tertiary alicyclic amines) is 1. The van der Waals surface area contributed by atoms with E-state index in [2.05, 4.69) is 48.3 Å². The number of benzene rings is 1. The second kappa shape index (κ2) is 8.43. The summed E-state index contributed by atoms with van der Waals surface area (Å²) < 4.78 is 0. The first kappa shape index (κ1) is 15.5. The molecule has 1 heterocycles. The molecule has 0 aromatic heterocycles. The average Bonchev–Trinajstić information content (AvgIpc) is 2.76. The molecule has 0 saturated carbocycles. The standard InChI is InChI=1S/C18H30N2/c1-3-16-9-11-17(12-10-16)18(19-4-2)15-20-13-7-5-6-8-14-20/h9-12,18-19H,3-8,13-15H2,1-2H3. The summed E-state index contributed by atoms with van der Waals surface area (Å²) in [5.41, 5.74) is 2.87. The molecule has 0 spiro atoms. The number of likely N-dealkylation sites (N-methyl/N-ethyl adjacent to an activating group) is 1. The molecular weight excluding hydrogens is 244 g/mol. The zero-order valence-electron chi connectivity index (χ0n) is 13.2. The van der Waals surface area contributed by atoms with Crippen LogP contribution in [-0.4, -0.2) is 31.1 Å². The highest BCUT2D eigenvalue weighted by atomic mass is 15.1. The van der Waals surface area contributed by atoms with Crippen LogP contribution in [0.4, 0.5) is 0 Å². The summed E-state index contributed by atoms with van der Waals surface area (Å²) in [5, 5.41) is 3.66. The van der Waals surface area contributed by atoms with Gasteiger partial charge in [0.25, 0.3) is 0 Å². The number of nitrogens with zero attached hydrogens (tertiary/aromatic N) is 1. The van der Waals surface area contributed by atoms with Gasteiger partial charge in [-0.2, -0.15) is 0 Å². The Kier molecular flexibility index (Phi) is 6.55. The van der Waals surface area contributed by atoms with E-state index in [9.17, 15) is 0 Å². The molecule has 1 aliphatic heterocycles. The van der Waals surface area contributed by atoms with Gasteiger partial charge in [-0.3, -0.25) is 0 Å². The van der Waals surface area contributed by atoms with Gasteiger partial charge in [-0.25, -0.2) is 0 Å². The average molecular weight is 274 g/mol. The zero-order valence-corrected chi connectivity index (χ0v) is 13.2.